The van der Waals surface area contributed by atoms with E-state index in [1.807, 2.05) is 6.08 Å². The monoisotopic (exact) mass is 845 g/mol. The molecule has 1 unspecified atom stereocenters. The number of allylic oxidation sites excluding steroid dienone is 17. The summed E-state index contributed by atoms with van der Waals surface area (Å²) < 4.78 is 16.6. The molecule has 0 amide bonds. The molecule has 0 aromatic heterocycles. The van der Waals surface area contributed by atoms with Gasteiger partial charge in [0.1, 0.15) is 13.2 Å². The van der Waals surface area contributed by atoms with Gasteiger partial charge in [0.15, 0.2) is 6.10 Å². The van der Waals surface area contributed by atoms with Crippen molar-refractivity contribution in [3.8, 4) is 0 Å². The average Bonchev–Trinajstić information content (AvgIpc) is 3.26. The highest BCUT2D eigenvalue weighted by atomic mass is 16.6. The van der Waals surface area contributed by atoms with E-state index in [-0.39, 0.29) is 31.6 Å². The Balaban J connectivity index is 4.47. The molecule has 0 aromatic rings. The summed E-state index contributed by atoms with van der Waals surface area (Å²) in [7, 11) is 0. The van der Waals surface area contributed by atoms with Crippen molar-refractivity contribution in [2.24, 2.45) is 0 Å². The van der Waals surface area contributed by atoms with Crippen molar-refractivity contribution >= 4 is 17.9 Å². The van der Waals surface area contributed by atoms with Crippen molar-refractivity contribution in [2.45, 2.75) is 207 Å². The number of hydrogen-bond donors (Lipinski definition) is 0. The number of rotatable bonds is 42. The zero-order chi connectivity index (χ0) is 44.4. The fraction of sp³-hybridized carbons (Fsp3) is 0.618. The first-order valence-corrected chi connectivity index (χ1v) is 24.4. The van der Waals surface area contributed by atoms with E-state index in [1.54, 1.807) is 6.08 Å². The Labute approximate surface area is 374 Å². The molecular formula is C55H88O6. The Kier molecular flexibility index (Phi) is 45.6. The summed E-state index contributed by atoms with van der Waals surface area (Å²) in [5, 5.41) is 0. The Bertz CT molecular complexity index is 1290. The van der Waals surface area contributed by atoms with Crippen LogP contribution in [0.5, 0.6) is 0 Å². The molecule has 0 aromatic carbocycles. The molecule has 344 valence electrons. The first-order chi connectivity index (χ1) is 30.0. The molecule has 0 N–H and O–H groups in total. The second kappa shape index (κ2) is 48.7. The molecule has 0 rings (SSSR count). The van der Waals surface area contributed by atoms with E-state index >= 15 is 0 Å². The highest BCUT2D eigenvalue weighted by Gasteiger charge is 2.19. The third kappa shape index (κ3) is 47.0. The minimum Gasteiger partial charge on any atom is -0.462 e. The van der Waals surface area contributed by atoms with Crippen molar-refractivity contribution in [1.82, 2.24) is 0 Å². The molecule has 0 radical (unpaired) electrons. The van der Waals surface area contributed by atoms with Crippen LogP contribution in [-0.4, -0.2) is 37.2 Å². The van der Waals surface area contributed by atoms with Gasteiger partial charge in [0.25, 0.3) is 0 Å². The molecule has 6 heteroatoms. The van der Waals surface area contributed by atoms with Crippen molar-refractivity contribution in [2.75, 3.05) is 13.2 Å². The third-order valence-electron chi connectivity index (χ3n) is 9.78. The lowest BCUT2D eigenvalue weighted by molar-refractivity contribution is -0.166. The SMILES string of the molecule is CC/C=C\C/C=C\C/C=C\C/C=C\C/C=C\CCCCCC(=O)OCC(COC(=O)C/C=C\C/C=C\C/C=C\CC)OC(=O)CCCCCCCCC/C=C\CCCCCC. The predicted molar refractivity (Wildman–Crippen MR) is 260 cm³/mol. The summed E-state index contributed by atoms with van der Waals surface area (Å²) in [6.45, 7) is 6.24. The molecule has 0 saturated heterocycles. The molecular weight excluding hydrogens is 757 g/mol. The van der Waals surface area contributed by atoms with Gasteiger partial charge in [0, 0.05) is 12.8 Å². The molecule has 0 aliphatic rings. The van der Waals surface area contributed by atoms with E-state index in [1.165, 1.54) is 64.2 Å². The zero-order valence-electron chi connectivity index (χ0n) is 39.1. The number of unbranched alkanes of at least 4 members (excludes halogenated alkanes) is 14. The van der Waals surface area contributed by atoms with Crippen LogP contribution < -0.4 is 0 Å². The van der Waals surface area contributed by atoms with E-state index < -0.39 is 12.1 Å². The fourth-order valence-corrected chi connectivity index (χ4v) is 6.17. The average molecular weight is 845 g/mol. The van der Waals surface area contributed by atoms with Gasteiger partial charge in [0.2, 0.25) is 0 Å². The maximum Gasteiger partial charge on any atom is 0.309 e. The summed E-state index contributed by atoms with van der Waals surface area (Å²) in [5.41, 5.74) is 0. The van der Waals surface area contributed by atoms with Crippen molar-refractivity contribution in [3.63, 3.8) is 0 Å². The van der Waals surface area contributed by atoms with E-state index in [2.05, 4.69) is 118 Å². The smallest absolute Gasteiger partial charge is 0.309 e. The van der Waals surface area contributed by atoms with Crippen LogP contribution in [0.3, 0.4) is 0 Å². The summed E-state index contributed by atoms with van der Waals surface area (Å²) in [6.07, 6.45) is 65.4. The topological polar surface area (TPSA) is 78.9 Å². The van der Waals surface area contributed by atoms with Gasteiger partial charge in [0.05, 0.1) is 6.42 Å². The van der Waals surface area contributed by atoms with Crippen LogP contribution in [0.4, 0.5) is 0 Å². The minimum absolute atomic E-state index is 0.124. The van der Waals surface area contributed by atoms with Gasteiger partial charge in [-0.2, -0.15) is 0 Å². The largest absolute Gasteiger partial charge is 0.462 e. The first-order valence-electron chi connectivity index (χ1n) is 24.4. The van der Waals surface area contributed by atoms with Crippen LogP contribution in [0.25, 0.3) is 0 Å². The normalized spacial score (nSPS) is 13.0. The molecule has 61 heavy (non-hydrogen) atoms. The van der Waals surface area contributed by atoms with E-state index in [4.69, 9.17) is 14.2 Å². The molecule has 0 bridgehead atoms. The number of ether oxygens (including phenoxy) is 3. The molecule has 0 aliphatic heterocycles. The molecule has 0 fully saturated rings. The van der Waals surface area contributed by atoms with Crippen LogP contribution >= 0.6 is 0 Å². The molecule has 0 saturated carbocycles. The van der Waals surface area contributed by atoms with Crippen molar-refractivity contribution < 1.29 is 28.6 Å². The summed E-state index contributed by atoms with van der Waals surface area (Å²) in [5.74, 6) is -1.10. The van der Waals surface area contributed by atoms with Crippen molar-refractivity contribution in [1.29, 1.82) is 0 Å². The highest BCUT2D eigenvalue weighted by Crippen LogP contribution is 2.13. The van der Waals surface area contributed by atoms with Gasteiger partial charge >= 0.3 is 17.9 Å². The molecule has 0 aliphatic carbocycles. The lowest BCUT2D eigenvalue weighted by Crippen LogP contribution is -2.30. The van der Waals surface area contributed by atoms with E-state index in [0.29, 0.717) is 12.8 Å². The number of hydrogen-bond acceptors (Lipinski definition) is 6. The Hall–Kier alpha value is -3.93. The predicted octanol–water partition coefficient (Wildman–Crippen LogP) is 16.0. The summed E-state index contributed by atoms with van der Waals surface area (Å²) in [6, 6.07) is 0. The molecule has 0 spiro atoms. The number of carbonyl (C=O) groups excluding carboxylic acids is 3. The maximum absolute atomic E-state index is 12.7. The Morgan fingerprint density at radius 2 is 0.705 bits per heavy atom. The first kappa shape index (κ1) is 57.1. The summed E-state index contributed by atoms with van der Waals surface area (Å²) in [4.78, 5) is 37.7. The second-order valence-electron chi connectivity index (χ2n) is 15.6. The molecule has 6 nitrogen and oxygen atoms in total. The maximum atomic E-state index is 12.7. The third-order valence-corrected chi connectivity index (χ3v) is 9.78. The van der Waals surface area contributed by atoms with Gasteiger partial charge < -0.3 is 14.2 Å². The van der Waals surface area contributed by atoms with Crippen LogP contribution in [0.1, 0.15) is 201 Å². The van der Waals surface area contributed by atoms with Gasteiger partial charge in [-0.05, 0) is 103 Å². The second-order valence-corrected chi connectivity index (χ2v) is 15.6. The Morgan fingerprint density at radius 3 is 1.18 bits per heavy atom. The van der Waals surface area contributed by atoms with Crippen molar-refractivity contribution in [3.05, 3.63) is 109 Å². The standard InChI is InChI=1S/C55H88O6/c1-4-7-10-13-16-19-21-23-25-26-27-28-30-31-33-36-39-42-45-48-54(57)60-51-52(50-59-53(56)47-44-41-38-35-18-15-12-9-6-3)61-55(58)49-46-43-40-37-34-32-29-24-22-20-17-14-11-8-5-2/h7,9-10,12,16,18-20,22-23,25,27-28,31,33,35,41,44,52H,4-6,8,11,13-15,17,21,24,26,29-30,32,34,36-40,42-43,45-51H2,1-3H3/b10-7-,12-9-,19-16-,22-20-,25-23-,28-27-,33-31-,35-18-,44-41-. The number of esters is 3. The van der Waals surface area contributed by atoms with Gasteiger partial charge in [-0.15, -0.1) is 0 Å². The van der Waals surface area contributed by atoms with E-state index in [0.717, 1.165) is 96.3 Å². The quantitative estimate of drug-likeness (QED) is 0.0264. The van der Waals surface area contributed by atoms with E-state index in [9.17, 15) is 14.4 Å². The van der Waals surface area contributed by atoms with Crippen LogP contribution in [0, 0.1) is 0 Å². The van der Waals surface area contributed by atoms with Crippen LogP contribution in [0.15, 0.2) is 109 Å². The molecule has 1 atom stereocenters. The lowest BCUT2D eigenvalue weighted by Gasteiger charge is -2.18. The van der Waals surface area contributed by atoms with Crippen LogP contribution in [-0.2, 0) is 28.6 Å². The van der Waals surface area contributed by atoms with Crippen LogP contribution in [0.2, 0.25) is 0 Å². The highest BCUT2D eigenvalue weighted by molar-refractivity contribution is 5.72. The molecule has 0 heterocycles. The zero-order valence-corrected chi connectivity index (χ0v) is 39.1. The van der Waals surface area contributed by atoms with Gasteiger partial charge in [-0.1, -0.05) is 188 Å². The van der Waals surface area contributed by atoms with Gasteiger partial charge in [-0.25, -0.2) is 0 Å². The summed E-state index contributed by atoms with van der Waals surface area (Å²) >= 11 is 0. The fourth-order valence-electron chi connectivity index (χ4n) is 6.17. The lowest BCUT2D eigenvalue weighted by atomic mass is 10.1. The Morgan fingerprint density at radius 1 is 0.361 bits per heavy atom. The number of carbonyl (C=O) groups is 3. The van der Waals surface area contributed by atoms with Gasteiger partial charge in [-0.3, -0.25) is 14.4 Å². The minimum atomic E-state index is -0.829.